The Balaban J connectivity index is 4.48. The van der Waals surface area contributed by atoms with E-state index < -0.39 is 6.10 Å². The maximum atomic E-state index is 12.8. The van der Waals surface area contributed by atoms with E-state index in [1.807, 2.05) is 60.8 Å². The van der Waals surface area contributed by atoms with Crippen molar-refractivity contribution in [1.82, 2.24) is 0 Å². The first-order valence-corrected chi connectivity index (χ1v) is 26.6. The lowest BCUT2D eigenvalue weighted by Gasteiger charge is -2.18. The number of unbranched alkanes of at least 4 members (excludes halogenated alkanes) is 21. The van der Waals surface area contributed by atoms with E-state index in [0.29, 0.717) is 19.3 Å². The molecule has 372 valence electrons. The molecule has 0 aromatic rings. The van der Waals surface area contributed by atoms with Crippen LogP contribution in [0.1, 0.15) is 220 Å². The zero-order chi connectivity index (χ0) is 47.9. The van der Waals surface area contributed by atoms with Crippen molar-refractivity contribution in [3.8, 4) is 0 Å². The number of allylic oxidation sites excluding steroid dienone is 20. The Morgan fingerprint density at radius 3 is 1.12 bits per heavy atom. The molecule has 0 heterocycles. The Bertz CT molecular complexity index is 1420. The molecule has 0 radical (unpaired) electrons. The quantitative estimate of drug-likeness (QED) is 0.0199. The molecular formula is C60H96O6. The summed E-state index contributed by atoms with van der Waals surface area (Å²) in [5.41, 5.74) is 0. The first-order valence-electron chi connectivity index (χ1n) is 26.6. The van der Waals surface area contributed by atoms with E-state index >= 15 is 0 Å². The van der Waals surface area contributed by atoms with Crippen molar-refractivity contribution in [1.29, 1.82) is 0 Å². The van der Waals surface area contributed by atoms with Crippen molar-refractivity contribution in [3.63, 3.8) is 0 Å². The zero-order valence-electron chi connectivity index (χ0n) is 42.4. The third kappa shape index (κ3) is 50.8. The fourth-order valence-corrected chi connectivity index (χ4v) is 6.91. The number of ether oxygens (including phenoxy) is 3. The Morgan fingerprint density at radius 1 is 0.333 bits per heavy atom. The highest BCUT2D eigenvalue weighted by Gasteiger charge is 2.19. The normalized spacial score (nSPS) is 13.1. The minimum Gasteiger partial charge on any atom is -0.462 e. The van der Waals surface area contributed by atoms with Gasteiger partial charge in [0.1, 0.15) is 13.2 Å². The topological polar surface area (TPSA) is 78.9 Å². The predicted octanol–water partition coefficient (Wildman–Crippen LogP) is 17.7. The van der Waals surface area contributed by atoms with Gasteiger partial charge in [0.15, 0.2) is 6.10 Å². The predicted molar refractivity (Wildman–Crippen MR) is 283 cm³/mol. The minimum absolute atomic E-state index is 0.106. The van der Waals surface area contributed by atoms with Crippen molar-refractivity contribution in [3.05, 3.63) is 122 Å². The lowest BCUT2D eigenvalue weighted by atomic mass is 10.1. The molecule has 1 unspecified atom stereocenters. The molecule has 0 aromatic carbocycles. The van der Waals surface area contributed by atoms with Gasteiger partial charge in [0, 0.05) is 19.3 Å². The number of hydrogen-bond donors (Lipinski definition) is 0. The summed E-state index contributed by atoms with van der Waals surface area (Å²) in [5.74, 6) is -0.975. The zero-order valence-corrected chi connectivity index (χ0v) is 42.4. The Morgan fingerprint density at radius 2 is 0.667 bits per heavy atom. The van der Waals surface area contributed by atoms with Gasteiger partial charge in [-0.2, -0.15) is 0 Å². The van der Waals surface area contributed by atoms with Gasteiger partial charge < -0.3 is 14.2 Å². The van der Waals surface area contributed by atoms with E-state index in [9.17, 15) is 14.4 Å². The summed E-state index contributed by atoms with van der Waals surface area (Å²) in [6.45, 7) is 6.29. The molecule has 0 saturated heterocycles. The number of rotatable bonds is 46. The second kappa shape index (κ2) is 53.4. The van der Waals surface area contributed by atoms with Crippen molar-refractivity contribution < 1.29 is 28.6 Å². The van der Waals surface area contributed by atoms with Crippen LogP contribution in [0.4, 0.5) is 0 Å². The summed E-state index contributed by atoms with van der Waals surface area (Å²) < 4.78 is 16.8. The molecule has 0 aliphatic heterocycles. The minimum atomic E-state index is -0.812. The van der Waals surface area contributed by atoms with Crippen LogP contribution < -0.4 is 0 Å². The van der Waals surface area contributed by atoms with E-state index in [1.165, 1.54) is 77.0 Å². The van der Waals surface area contributed by atoms with Crippen molar-refractivity contribution in [2.24, 2.45) is 0 Å². The van der Waals surface area contributed by atoms with Gasteiger partial charge >= 0.3 is 17.9 Å². The molecule has 0 bridgehead atoms. The van der Waals surface area contributed by atoms with Gasteiger partial charge in [-0.3, -0.25) is 14.4 Å². The summed E-state index contributed by atoms with van der Waals surface area (Å²) in [7, 11) is 0. The fraction of sp³-hybridized carbons (Fsp3) is 0.617. The van der Waals surface area contributed by atoms with E-state index in [0.717, 1.165) is 96.3 Å². The summed E-state index contributed by atoms with van der Waals surface area (Å²) in [5, 5.41) is 0. The number of hydrogen-bond acceptors (Lipinski definition) is 6. The molecule has 0 amide bonds. The molecule has 0 aromatic heterocycles. The standard InChI is InChI=1S/C60H96O6/c1-4-7-10-13-16-19-22-25-27-29-30-32-33-35-38-41-44-47-50-53-59(62)65-56-57(55-64-58(61)52-49-46-43-40-37-24-21-18-15-12-9-6-3)66-60(63)54-51-48-45-42-39-36-34-31-28-26-23-20-17-14-11-8-5-2/h8-9,11-12,14,16-23,25-26,28,31,34,36,39,57H,4-7,10,13,15,24,27,29-30,32-33,35,37-38,40-56H2,1-3H3/b11-8-,12-9-,17-14-,19-16-,21-18-,23-20-,25-22-,28-26-,34-31+,39-36-. The molecular weight excluding hydrogens is 817 g/mol. The lowest BCUT2D eigenvalue weighted by Crippen LogP contribution is -2.30. The third-order valence-electron chi connectivity index (χ3n) is 10.9. The van der Waals surface area contributed by atoms with Crippen LogP contribution in [-0.2, 0) is 28.6 Å². The molecule has 6 nitrogen and oxygen atoms in total. The average Bonchev–Trinajstić information content (AvgIpc) is 3.31. The van der Waals surface area contributed by atoms with Gasteiger partial charge in [0.2, 0.25) is 0 Å². The first-order chi connectivity index (χ1) is 32.5. The first kappa shape index (κ1) is 61.8. The highest BCUT2D eigenvalue weighted by Crippen LogP contribution is 2.14. The van der Waals surface area contributed by atoms with Crippen molar-refractivity contribution in [2.45, 2.75) is 226 Å². The van der Waals surface area contributed by atoms with Crippen molar-refractivity contribution in [2.75, 3.05) is 13.2 Å². The fourth-order valence-electron chi connectivity index (χ4n) is 6.91. The van der Waals surface area contributed by atoms with Crippen LogP contribution in [0.15, 0.2) is 122 Å². The monoisotopic (exact) mass is 913 g/mol. The van der Waals surface area contributed by atoms with Crippen LogP contribution in [0.5, 0.6) is 0 Å². The summed E-state index contributed by atoms with van der Waals surface area (Å²) >= 11 is 0. The number of carbonyl (C=O) groups is 3. The molecule has 1 atom stereocenters. The van der Waals surface area contributed by atoms with Gasteiger partial charge in [0.05, 0.1) is 0 Å². The molecule has 0 fully saturated rings. The van der Waals surface area contributed by atoms with E-state index in [-0.39, 0.29) is 37.5 Å². The maximum Gasteiger partial charge on any atom is 0.306 e. The molecule has 0 aliphatic rings. The van der Waals surface area contributed by atoms with Crippen LogP contribution in [0.2, 0.25) is 0 Å². The van der Waals surface area contributed by atoms with Crippen LogP contribution in [0.25, 0.3) is 0 Å². The maximum absolute atomic E-state index is 12.8. The molecule has 0 spiro atoms. The van der Waals surface area contributed by atoms with Gasteiger partial charge in [-0.25, -0.2) is 0 Å². The molecule has 66 heavy (non-hydrogen) atoms. The molecule has 0 aliphatic carbocycles. The van der Waals surface area contributed by atoms with E-state index in [2.05, 4.69) is 81.5 Å². The molecule has 0 N–H and O–H groups in total. The molecule has 0 rings (SSSR count). The Hall–Kier alpha value is -4.19. The Labute approximate surface area is 405 Å². The van der Waals surface area contributed by atoms with E-state index in [4.69, 9.17) is 14.2 Å². The largest absolute Gasteiger partial charge is 0.462 e. The van der Waals surface area contributed by atoms with Gasteiger partial charge in [0.25, 0.3) is 0 Å². The SMILES string of the molecule is CC\C=C/C=C\C=C/C=C\C=C\C=C/CCCCCC(=O)OC(COC(=O)CCCCCCC/C=C\C/C=C\CC)COC(=O)CCCCCCCCCCCC/C=C\C=C/CCCCC. The van der Waals surface area contributed by atoms with Crippen LogP contribution in [-0.4, -0.2) is 37.2 Å². The van der Waals surface area contributed by atoms with E-state index in [1.54, 1.807) is 0 Å². The van der Waals surface area contributed by atoms with Gasteiger partial charge in [-0.1, -0.05) is 232 Å². The smallest absolute Gasteiger partial charge is 0.306 e. The highest BCUT2D eigenvalue weighted by molar-refractivity contribution is 5.71. The average molecular weight is 913 g/mol. The summed E-state index contributed by atoms with van der Waals surface area (Å²) in [6, 6.07) is 0. The van der Waals surface area contributed by atoms with Gasteiger partial charge in [-0.15, -0.1) is 0 Å². The number of esters is 3. The highest BCUT2D eigenvalue weighted by atomic mass is 16.6. The summed E-state index contributed by atoms with van der Waals surface area (Å²) in [6.07, 6.45) is 73.2. The third-order valence-corrected chi connectivity index (χ3v) is 10.9. The second-order valence-corrected chi connectivity index (χ2v) is 17.2. The summed E-state index contributed by atoms with van der Waals surface area (Å²) in [4.78, 5) is 38.0. The molecule has 0 saturated carbocycles. The van der Waals surface area contributed by atoms with Crippen LogP contribution in [0.3, 0.4) is 0 Å². The van der Waals surface area contributed by atoms with Gasteiger partial charge in [-0.05, 0) is 89.9 Å². The van der Waals surface area contributed by atoms with Crippen LogP contribution in [0, 0.1) is 0 Å². The van der Waals surface area contributed by atoms with Crippen LogP contribution >= 0.6 is 0 Å². The van der Waals surface area contributed by atoms with Crippen molar-refractivity contribution >= 4 is 17.9 Å². The number of carbonyl (C=O) groups excluding carboxylic acids is 3. The molecule has 6 heteroatoms. The lowest BCUT2D eigenvalue weighted by molar-refractivity contribution is -0.167. The second-order valence-electron chi connectivity index (χ2n) is 17.2. The Kier molecular flexibility index (Phi) is 50.0.